The van der Waals surface area contributed by atoms with Crippen LogP contribution < -0.4 is 5.32 Å². The molecule has 1 fully saturated rings. The topological polar surface area (TPSA) is 84.3 Å². The fourth-order valence-electron chi connectivity index (χ4n) is 5.03. The summed E-state index contributed by atoms with van der Waals surface area (Å²) in [5.41, 5.74) is 1.57. The number of halogens is 3. The maximum atomic E-state index is 13.5. The first kappa shape index (κ1) is 24.9. The summed E-state index contributed by atoms with van der Waals surface area (Å²) in [6.07, 6.45) is -0.844. The highest BCUT2D eigenvalue weighted by atomic mass is 32.1. The number of anilines is 1. The Morgan fingerprint density at radius 2 is 2.03 bits per heavy atom. The lowest BCUT2D eigenvalue weighted by Crippen LogP contribution is -2.20. The van der Waals surface area contributed by atoms with E-state index in [2.05, 4.69) is 15.3 Å². The van der Waals surface area contributed by atoms with Crippen LogP contribution in [0.4, 0.5) is 19.0 Å². The SMILES string of the molecule is Cc1sc(C(=O)c2cncnc2N[C@@H]2C[C@@H](C)[C@H](O)C2)cc1[C@H]1OCCc2ccc(C(F)(F)F)cc21. The molecule has 3 heterocycles. The fourth-order valence-corrected chi connectivity index (χ4v) is 6.03. The summed E-state index contributed by atoms with van der Waals surface area (Å²) < 4.78 is 46.1. The number of alkyl halides is 3. The Labute approximate surface area is 210 Å². The van der Waals surface area contributed by atoms with Crippen molar-refractivity contribution in [2.75, 3.05) is 11.9 Å². The van der Waals surface area contributed by atoms with Crippen molar-refractivity contribution >= 4 is 22.9 Å². The number of ether oxygens (including phenoxy) is 1. The van der Waals surface area contributed by atoms with Crippen molar-refractivity contribution in [3.05, 3.63) is 74.4 Å². The third-order valence-corrected chi connectivity index (χ3v) is 8.08. The van der Waals surface area contributed by atoms with Gasteiger partial charge in [0.15, 0.2) is 0 Å². The number of hydrogen-bond acceptors (Lipinski definition) is 7. The van der Waals surface area contributed by atoms with Gasteiger partial charge in [-0.2, -0.15) is 13.2 Å². The van der Waals surface area contributed by atoms with Crippen molar-refractivity contribution in [2.24, 2.45) is 5.92 Å². The van der Waals surface area contributed by atoms with E-state index in [1.807, 2.05) is 13.8 Å². The monoisotopic (exact) mass is 517 g/mol. The minimum Gasteiger partial charge on any atom is -0.393 e. The van der Waals surface area contributed by atoms with Gasteiger partial charge in [-0.05, 0) is 67.0 Å². The molecule has 0 radical (unpaired) electrons. The molecule has 2 aromatic heterocycles. The Morgan fingerprint density at radius 1 is 1.22 bits per heavy atom. The molecule has 6 nitrogen and oxygen atoms in total. The van der Waals surface area contributed by atoms with Crippen LogP contribution in [0.1, 0.15) is 68.2 Å². The van der Waals surface area contributed by atoms with Gasteiger partial charge in [-0.1, -0.05) is 13.0 Å². The molecule has 1 saturated carbocycles. The van der Waals surface area contributed by atoms with Crippen LogP contribution in [0.2, 0.25) is 0 Å². The zero-order valence-electron chi connectivity index (χ0n) is 19.8. The lowest BCUT2D eigenvalue weighted by molar-refractivity contribution is -0.137. The summed E-state index contributed by atoms with van der Waals surface area (Å²) >= 11 is 1.27. The number of ketones is 1. The molecule has 190 valence electrons. The number of aliphatic hydroxyl groups excluding tert-OH is 1. The zero-order chi connectivity index (χ0) is 25.6. The summed E-state index contributed by atoms with van der Waals surface area (Å²) in [6, 6.07) is 5.47. The Kier molecular flexibility index (Phi) is 6.61. The third kappa shape index (κ3) is 4.77. The number of nitrogens with one attached hydrogen (secondary N) is 1. The predicted molar refractivity (Wildman–Crippen MR) is 129 cm³/mol. The first-order valence-corrected chi connectivity index (χ1v) is 12.6. The Hall–Kier alpha value is -2.82. The second kappa shape index (κ2) is 9.57. The number of benzene rings is 1. The summed E-state index contributed by atoms with van der Waals surface area (Å²) in [7, 11) is 0. The van der Waals surface area contributed by atoms with Crippen molar-refractivity contribution in [3.63, 3.8) is 0 Å². The van der Waals surface area contributed by atoms with Crippen molar-refractivity contribution in [2.45, 2.75) is 57.5 Å². The zero-order valence-corrected chi connectivity index (χ0v) is 20.6. The number of carbonyl (C=O) groups is 1. The summed E-state index contributed by atoms with van der Waals surface area (Å²) in [5.74, 6) is 0.286. The van der Waals surface area contributed by atoms with Gasteiger partial charge in [0.2, 0.25) is 5.78 Å². The van der Waals surface area contributed by atoms with Crippen LogP contribution in [0.15, 0.2) is 36.8 Å². The molecule has 0 unspecified atom stereocenters. The van der Waals surface area contributed by atoms with Gasteiger partial charge < -0.3 is 15.2 Å². The molecule has 0 bridgehead atoms. The Balaban J connectivity index is 1.44. The van der Waals surface area contributed by atoms with Crippen LogP contribution in [0.25, 0.3) is 0 Å². The molecular formula is C26H26F3N3O3S. The van der Waals surface area contributed by atoms with Crippen molar-refractivity contribution < 1.29 is 27.8 Å². The molecular weight excluding hydrogens is 491 g/mol. The van der Waals surface area contributed by atoms with E-state index in [0.29, 0.717) is 46.8 Å². The average molecular weight is 518 g/mol. The van der Waals surface area contributed by atoms with E-state index >= 15 is 0 Å². The molecule has 5 rings (SSSR count). The van der Waals surface area contributed by atoms with Gasteiger partial charge in [-0.15, -0.1) is 11.3 Å². The lowest BCUT2D eigenvalue weighted by Gasteiger charge is -2.27. The van der Waals surface area contributed by atoms with Gasteiger partial charge in [0.25, 0.3) is 0 Å². The smallest absolute Gasteiger partial charge is 0.393 e. The summed E-state index contributed by atoms with van der Waals surface area (Å²) in [5, 5.41) is 13.4. The van der Waals surface area contributed by atoms with E-state index < -0.39 is 23.9 Å². The van der Waals surface area contributed by atoms with Crippen LogP contribution in [0.5, 0.6) is 0 Å². The second-order valence-electron chi connectivity index (χ2n) is 9.51. The van der Waals surface area contributed by atoms with Crippen LogP contribution in [-0.4, -0.2) is 39.6 Å². The maximum absolute atomic E-state index is 13.5. The number of aromatic nitrogens is 2. The number of aliphatic hydroxyl groups is 1. The van der Waals surface area contributed by atoms with Crippen LogP contribution in [0, 0.1) is 12.8 Å². The average Bonchev–Trinajstić information content (AvgIpc) is 3.38. The number of carbonyl (C=O) groups excluding carboxylic acids is 1. The standard InChI is InChI=1S/C26H26F3N3O3S/c1-13-7-17(9-21(13)33)32-25-20(11-30-12-31-25)23(34)22-10-18(14(2)36-22)24-19-8-16(26(27,28)29)4-3-15(19)5-6-35-24/h3-4,8,10-13,17,21,24,33H,5-7,9H2,1-2H3,(H,30,31,32)/t13-,17-,21-,24-/m1/s1. The number of fused-ring (bicyclic) bond motifs is 1. The van der Waals surface area contributed by atoms with Crippen molar-refractivity contribution in [3.8, 4) is 0 Å². The lowest BCUT2D eigenvalue weighted by atomic mass is 9.91. The molecule has 10 heteroatoms. The van der Waals surface area contributed by atoms with Crippen molar-refractivity contribution in [1.29, 1.82) is 0 Å². The fraction of sp³-hybridized carbons (Fsp3) is 0.423. The molecule has 3 aromatic rings. The van der Waals surface area contributed by atoms with E-state index in [1.165, 1.54) is 29.9 Å². The number of hydrogen-bond donors (Lipinski definition) is 2. The third-order valence-electron chi connectivity index (χ3n) is 7.01. The molecule has 0 amide bonds. The highest BCUT2D eigenvalue weighted by Gasteiger charge is 2.35. The van der Waals surface area contributed by atoms with Gasteiger partial charge in [0, 0.05) is 17.1 Å². The number of aryl methyl sites for hydroxylation is 1. The normalized spacial score (nSPS) is 23.9. The van der Waals surface area contributed by atoms with E-state index in [0.717, 1.165) is 29.0 Å². The maximum Gasteiger partial charge on any atom is 0.416 e. The molecule has 1 aliphatic heterocycles. The molecule has 1 aliphatic carbocycles. The highest BCUT2D eigenvalue weighted by Crippen LogP contribution is 2.41. The first-order chi connectivity index (χ1) is 17.1. The molecule has 0 spiro atoms. The number of thiophene rings is 1. The summed E-state index contributed by atoms with van der Waals surface area (Å²) in [4.78, 5) is 23.0. The van der Waals surface area contributed by atoms with Gasteiger partial charge >= 0.3 is 6.18 Å². The van der Waals surface area contributed by atoms with Gasteiger partial charge in [0.1, 0.15) is 18.2 Å². The van der Waals surface area contributed by atoms with Crippen LogP contribution in [0.3, 0.4) is 0 Å². The molecule has 4 atom stereocenters. The van der Waals surface area contributed by atoms with Crippen molar-refractivity contribution in [1.82, 2.24) is 9.97 Å². The quantitative estimate of drug-likeness (QED) is 0.445. The molecule has 2 N–H and O–H groups in total. The minimum atomic E-state index is -4.45. The van der Waals surface area contributed by atoms with E-state index in [9.17, 15) is 23.1 Å². The highest BCUT2D eigenvalue weighted by molar-refractivity contribution is 7.14. The molecule has 2 aliphatic rings. The molecule has 36 heavy (non-hydrogen) atoms. The largest absolute Gasteiger partial charge is 0.416 e. The van der Waals surface area contributed by atoms with E-state index in [1.54, 1.807) is 6.07 Å². The Morgan fingerprint density at radius 3 is 2.75 bits per heavy atom. The van der Waals surface area contributed by atoms with E-state index in [4.69, 9.17) is 4.74 Å². The van der Waals surface area contributed by atoms with Crippen LogP contribution in [-0.2, 0) is 17.3 Å². The molecule has 0 saturated heterocycles. The van der Waals surface area contributed by atoms with Crippen LogP contribution >= 0.6 is 11.3 Å². The number of nitrogens with zero attached hydrogens (tertiary/aromatic N) is 2. The van der Waals surface area contributed by atoms with E-state index in [-0.39, 0.29) is 17.7 Å². The Bertz CT molecular complexity index is 1280. The van der Waals surface area contributed by atoms with Gasteiger partial charge in [0.05, 0.1) is 28.7 Å². The number of rotatable bonds is 5. The minimum absolute atomic E-state index is 0.00736. The van der Waals surface area contributed by atoms with Gasteiger partial charge in [-0.3, -0.25) is 4.79 Å². The van der Waals surface area contributed by atoms with Gasteiger partial charge in [-0.25, -0.2) is 9.97 Å². The summed E-state index contributed by atoms with van der Waals surface area (Å²) in [6.45, 7) is 4.20. The second-order valence-corrected chi connectivity index (χ2v) is 10.8. The predicted octanol–water partition coefficient (Wildman–Crippen LogP) is 5.33. The first-order valence-electron chi connectivity index (χ1n) is 11.8. The molecule has 1 aromatic carbocycles.